The number of rotatable bonds is 7. The van der Waals surface area contributed by atoms with Crippen LogP contribution in [0.15, 0.2) is 4.99 Å². The fourth-order valence-corrected chi connectivity index (χ4v) is 3.29. The molecule has 2 N–H and O–H groups in total. The highest BCUT2D eigenvalue weighted by atomic mass is 16.5. The molecule has 0 radical (unpaired) electrons. The van der Waals surface area contributed by atoms with Gasteiger partial charge in [0.25, 0.3) is 0 Å². The van der Waals surface area contributed by atoms with E-state index >= 15 is 0 Å². The van der Waals surface area contributed by atoms with Crippen molar-refractivity contribution in [3.63, 3.8) is 0 Å². The molecule has 0 bridgehead atoms. The van der Waals surface area contributed by atoms with Crippen molar-refractivity contribution in [3.8, 4) is 0 Å². The van der Waals surface area contributed by atoms with Gasteiger partial charge in [-0.25, -0.2) is 0 Å². The summed E-state index contributed by atoms with van der Waals surface area (Å²) in [5, 5.41) is 12.9. The van der Waals surface area contributed by atoms with Crippen molar-refractivity contribution in [3.05, 3.63) is 0 Å². The number of hydrogen-bond acceptors (Lipinski definition) is 4. The Morgan fingerprint density at radius 2 is 2.13 bits per heavy atom. The highest BCUT2D eigenvalue weighted by Gasteiger charge is 2.19. The number of likely N-dealkylation sites (tertiary alicyclic amines) is 1. The first-order valence-corrected chi connectivity index (χ1v) is 9.16. The average Bonchev–Trinajstić information content (AvgIpc) is 3.05. The molecule has 0 aromatic heterocycles. The number of aliphatic hydroxyl groups excluding tert-OH is 1. The van der Waals surface area contributed by atoms with Crippen LogP contribution >= 0.6 is 0 Å². The molecule has 0 amide bonds. The van der Waals surface area contributed by atoms with Gasteiger partial charge in [0.2, 0.25) is 0 Å². The standard InChI is InChI=1S/C17H34N4O2/c1-3-18-17(20(2)13-15-7-12-23-14-15)19-8-4-9-21-10-5-16(22)6-11-21/h15-16,22H,3-14H2,1-2H3,(H,18,19). The summed E-state index contributed by atoms with van der Waals surface area (Å²) >= 11 is 0. The summed E-state index contributed by atoms with van der Waals surface area (Å²) in [6.07, 6.45) is 3.98. The second-order valence-electron chi connectivity index (χ2n) is 6.77. The Labute approximate surface area is 140 Å². The maximum absolute atomic E-state index is 9.54. The van der Waals surface area contributed by atoms with Crippen LogP contribution in [0.3, 0.4) is 0 Å². The SMILES string of the molecule is CCNC(=NCCCN1CCC(O)CC1)N(C)CC1CCOC1. The number of piperidine rings is 1. The van der Waals surface area contributed by atoms with Crippen LogP contribution in [0.4, 0.5) is 0 Å². The van der Waals surface area contributed by atoms with Crippen LogP contribution in [0.25, 0.3) is 0 Å². The van der Waals surface area contributed by atoms with E-state index in [1.54, 1.807) is 0 Å². The fraction of sp³-hybridized carbons (Fsp3) is 0.941. The molecule has 0 aromatic rings. The molecule has 2 heterocycles. The summed E-state index contributed by atoms with van der Waals surface area (Å²) in [5.41, 5.74) is 0. The Balaban J connectivity index is 1.69. The third-order valence-electron chi connectivity index (χ3n) is 4.70. The quantitative estimate of drug-likeness (QED) is 0.411. The molecule has 1 unspecified atom stereocenters. The number of guanidine groups is 1. The lowest BCUT2D eigenvalue weighted by molar-refractivity contribution is 0.0824. The lowest BCUT2D eigenvalue weighted by atomic mass is 10.1. The van der Waals surface area contributed by atoms with Gasteiger partial charge in [0, 0.05) is 52.3 Å². The molecule has 0 saturated carbocycles. The zero-order valence-electron chi connectivity index (χ0n) is 14.8. The third-order valence-corrected chi connectivity index (χ3v) is 4.70. The van der Waals surface area contributed by atoms with Gasteiger partial charge in [0.05, 0.1) is 12.7 Å². The number of aliphatic imine (C=N–C) groups is 1. The number of nitrogens with zero attached hydrogens (tertiary/aromatic N) is 3. The van der Waals surface area contributed by atoms with Gasteiger partial charge in [-0.1, -0.05) is 0 Å². The predicted octanol–water partition coefficient (Wildman–Crippen LogP) is 0.767. The highest BCUT2D eigenvalue weighted by Crippen LogP contribution is 2.13. The lowest BCUT2D eigenvalue weighted by Gasteiger charge is -2.29. The van der Waals surface area contributed by atoms with Crippen LogP contribution in [0.1, 0.15) is 32.6 Å². The van der Waals surface area contributed by atoms with Crippen molar-refractivity contribution in [1.82, 2.24) is 15.1 Å². The van der Waals surface area contributed by atoms with Crippen molar-refractivity contribution in [2.45, 2.75) is 38.7 Å². The molecule has 23 heavy (non-hydrogen) atoms. The van der Waals surface area contributed by atoms with E-state index < -0.39 is 0 Å². The number of aliphatic hydroxyl groups is 1. The Bertz CT molecular complexity index is 351. The van der Waals surface area contributed by atoms with Crippen LogP contribution in [-0.2, 0) is 4.74 Å². The Morgan fingerprint density at radius 3 is 2.78 bits per heavy atom. The molecule has 2 rings (SSSR count). The lowest BCUT2D eigenvalue weighted by Crippen LogP contribution is -2.41. The monoisotopic (exact) mass is 326 g/mol. The molecule has 1 atom stereocenters. The molecule has 6 heteroatoms. The van der Waals surface area contributed by atoms with E-state index in [0.717, 1.165) is 84.1 Å². The minimum Gasteiger partial charge on any atom is -0.393 e. The first kappa shape index (κ1) is 18.5. The average molecular weight is 326 g/mol. The van der Waals surface area contributed by atoms with E-state index in [-0.39, 0.29) is 6.10 Å². The van der Waals surface area contributed by atoms with Gasteiger partial charge in [-0.3, -0.25) is 4.99 Å². The summed E-state index contributed by atoms with van der Waals surface area (Å²) in [7, 11) is 2.12. The Morgan fingerprint density at radius 1 is 1.35 bits per heavy atom. The van der Waals surface area contributed by atoms with Gasteiger partial charge in [-0.15, -0.1) is 0 Å². The van der Waals surface area contributed by atoms with Gasteiger partial charge < -0.3 is 25.0 Å². The zero-order valence-corrected chi connectivity index (χ0v) is 14.8. The van der Waals surface area contributed by atoms with Crippen LogP contribution in [-0.4, -0.2) is 86.5 Å². The minimum atomic E-state index is -0.0853. The first-order chi connectivity index (χ1) is 11.2. The molecule has 2 aliphatic rings. The number of hydrogen-bond donors (Lipinski definition) is 2. The number of ether oxygens (including phenoxy) is 1. The van der Waals surface area contributed by atoms with E-state index in [0.29, 0.717) is 5.92 Å². The maximum atomic E-state index is 9.54. The molecule has 0 spiro atoms. The van der Waals surface area contributed by atoms with Crippen molar-refractivity contribution >= 4 is 5.96 Å². The zero-order chi connectivity index (χ0) is 16.5. The molecule has 2 saturated heterocycles. The van der Waals surface area contributed by atoms with Crippen molar-refractivity contribution in [2.75, 3.05) is 59.5 Å². The third kappa shape index (κ3) is 6.65. The van der Waals surface area contributed by atoms with Crippen LogP contribution in [0.2, 0.25) is 0 Å². The van der Waals surface area contributed by atoms with E-state index in [9.17, 15) is 5.11 Å². The molecule has 2 aliphatic heterocycles. The van der Waals surface area contributed by atoms with Gasteiger partial charge in [0.1, 0.15) is 0 Å². The largest absolute Gasteiger partial charge is 0.393 e. The highest BCUT2D eigenvalue weighted by molar-refractivity contribution is 5.79. The molecule has 6 nitrogen and oxygen atoms in total. The van der Waals surface area contributed by atoms with Crippen molar-refractivity contribution in [1.29, 1.82) is 0 Å². The van der Waals surface area contributed by atoms with Gasteiger partial charge >= 0.3 is 0 Å². The molecule has 134 valence electrons. The Hall–Kier alpha value is -0.850. The van der Waals surface area contributed by atoms with Gasteiger partial charge in [-0.2, -0.15) is 0 Å². The molecule has 0 aliphatic carbocycles. The minimum absolute atomic E-state index is 0.0853. The maximum Gasteiger partial charge on any atom is 0.193 e. The molecule has 0 aromatic carbocycles. The van der Waals surface area contributed by atoms with E-state index in [1.165, 1.54) is 0 Å². The van der Waals surface area contributed by atoms with E-state index in [1.807, 2.05) is 0 Å². The fourth-order valence-electron chi connectivity index (χ4n) is 3.29. The predicted molar refractivity (Wildman–Crippen MR) is 93.8 cm³/mol. The van der Waals surface area contributed by atoms with Crippen LogP contribution < -0.4 is 5.32 Å². The van der Waals surface area contributed by atoms with Crippen LogP contribution in [0, 0.1) is 5.92 Å². The normalized spacial score (nSPS) is 24.1. The second kappa shape index (κ2) is 10.1. The summed E-state index contributed by atoms with van der Waals surface area (Å²) in [4.78, 5) is 9.44. The van der Waals surface area contributed by atoms with E-state index in [4.69, 9.17) is 9.73 Å². The molecule has 2 fully saturated rings. The van der Waals surface area contributed by atoms with Gasteiger partial charge in [-0.05, 0) is 39.2 Å². The summed E-state index contributed by atoms with van der Waals surface area (Å²) in [6, 6.07) is 0. The van der Waals surface area contributed by atoms with Crippen molar-refractivity contribution < 1.29 is 9.84 Å². The van der Waals surface area contributed by atoms with E-state index in [2.05, 4.69) is 29.1 Å². The summed E-state index contributed by atoms with van der Waals surface area (Å²) in [6.45, 7) is 9.77. The summed E-state index contributed by atoms with van der Waals surface area (Å²) < 4.78 is 5.46. The summed E-state index contributed by atoms with van der Waals surface area (Å²) in [5.74, 6) is 1.64. The second-order valence-corrected chi connectivity index (χ2v) is 6.77. The van der Waals surface area contributed by atoms with Gasteiger partial charge in [0.15, 0.2) is 5.96 Å². The molecular formula is C17H34N4O2. The smallest absolute Gasteiger partial charge is 0.193 e. The van der Waals surface area contributed by atoms with Crippen LogP contribution in [0.5, 0.6) is 0 Å². The van der Waals surface area contributed by atoms with Crippen molar-refractivity contribution in [2.24, 2.45) is 10.9 Å². The topological polar surface area (TPSA) is 60.3 Å². The number of nitrogens with one attached hydrogen (secondary N) is 1. The first-order valence-electron chi connectivity index (χ1n) is 9.16. The molecular weight excluding hydrogens is 292 g/mol. The Kier molecular flexibility index (Phi) is 8.12.